The molecule has 12 heteroatoms. The molecule has 242 valence electrons. The van der Waals surface area contributed by atoms with Gasteiger partial charge >= 0.3 is 0 Å². The van der Waals surface area contributed by atoms with Crippen LogP contribution in [0.2, 0.25) is 15.1 Å². The number of anilines is 1. The summed E-state index contributed by atoms with van der Waals surface area (Å²) in [5.41, 5.74) is 1.57. The van der Waals surface area contributed by atoms with Crippen molar-refractivity contribution in [2.45, 2.75) is 37.2 Å². The van der Waals surface area contributed by atoms with Crippen molar-refractivity contribution in [2.75, 3.05) is 24.5 Å². The molecule has 0 aliphatic heterocycles. The molecule has 1 N–H and O–H groups in total. The minimum absolute atomic E-state index is 0.0510. The highest BCUT2D eigenvalue weighted by Gasteiger charge is 2.35. The monoisotopic (exact) mass is 701 g/mol. The third-order valence-corrected chi connectivity index (χ3v) is 9.84. The molecular formula is C34H34Cl3N3O5S. The summed E-state index contributed by atoms with van der Waals surface area (Å²) in [4.78, 5) is 29.5. The van der Waals surface area contributed by atoms with Crippen molar-refractivity contribution in [1.29, 1.82) is 0 Å². The van der Waals surface area contributed by atoms with Gasteiger partial charge < -0.3 is 15.0 Å². The Hall–Kier alpha value is -3.76. The number of hydrogen-bond donors (Lipinski definition) is 1. The van der Waals surface area contributed by atoms with Crippen molar-refractivity contribution in [3.8, 4) is 5.75 Å². The lowest BCUT2D eigenvalue weighted by Gasteiger charge is -2.34. The summed E-state index contributed by atoms with van der Waals surface area (Å²) < 4.78 is 34.5. The van der Waals surface area contributed by atoms with E-state index in [1.54, 1.807) is 30.3 Å². The molecule has 0 aromatic heterocycles. The van der Waals surface area contributed by atoms with Crippen LogP contribution in [0.25, 0.3) is 0 Å². The number of rotatable bonds is 14. The van der Waals surface area contributed by atoms with Gasteiger partial charge in [0.2, 0.25) is 11.8 Å². The second-order valence-electron chi connectivity index (χ2n) is 10.4. The maximum Gasteiger partial charge on any atom is 0.264 e. The Kier molecular flexibility index (Phi) is 12.3. The Morgan fingerprint density at radius 1 is 0.870 bits per heavy atom. The van der Waals surface area contributed by atoms with Crippen LogP contribution in [0, 0.1) is 0 Å². The molecule has 0 saturated carbocycles. The molecule has 1 atom stereocenters. The minimum atomic E-state index is -4.28. The number of hydrogen-bond acceptors (Lipinski definition) is 5. The molecule has 4 aromatic rings. The summed E-state index contributed by atoms with van der Waals surface area (Å²) >= 11 is 18.8. The van der Waals surface area contributed by atoms with Crippen LogP contribution in [0.15, 0.2) is 102 Å². The van der Waals surface area contributed by atoms with E-state index in [4.69, 9.17) is 39.5 Å². The molecule has 2 amide bonds. The van der Waals surface area contributed by atoms with Gasteiger partial charge in [0.05, 0.1) is 17.7 Å². The van der Waals surface area contributed by atoms with Crippen molar-refractivity contribution in [3.05, 3.63) is 123 Å². The van der Waals surface area contributed by atoms with E-state index in [1.165, 1.54) is 48.4 Å². The summed E-state index contributed by atoms with van der Waals surface area (Å²) in [6.07, 6.45) is 0.866. The quantitative estimate of drug-likeness (QED) is 0.153. The highest BCUT2D eigenvalue weighted by Crippen LogP contribution is 2.28. The molecule has 4 aromatic carbocycles. The van der Waals surface area contributed by atoms with Crippen molar-refractivity contribution in [3.63, 3.8) is 0 Å². The van der Waals surface area contributed by atoms with Crippen LogP contribution in [0.4, 0.5) is 5.69 Å². The molecule has 0 unspecified atom stereocenters. The Balaban J connectivity index is 1.81. The molecular weight excluding hydrogens is 669 g/mol. The fraction of sp³-hybridized carbons (Fsp3) is 0.235. The number of benzene rings is 4. The molecule has 0 aliphatic rings. The third-order valence-electron chi connectivity index (χ3n) is 7.22. The van der Waals surface area contributed by atoms with Crippen LogP contribution in [0.3, 0.4) is 0 Å². The van der Waals surface area contributed by atoms with Gasteiger partial charge in [-0.1, -0.05) is 78.1 Å². The lowest BCUT2D eigenvalue weighted by atomic mass is 10.0. The van der Waals surface area contributed by atoms with Crippen LogP contribution in [0.5, 0.6) is 5.75 Å². The van der Waals surface area contributed by atoms with E-state index in [0.29, 0.717) is 39.3 Å². The second-order valence-corrected chi connectivity index (χ2v) is 13.6. The van der Waals surface area contributed by atoms with Gasteiger partial charge in [-0.25, -0.2) is 8.42 Å². The average Bonchev–Trinajstić information content (AvgIpc) is 3.05. The van der Waals surface area contributed by atoms with Gasteiger partial charge in [-0.3, -0.25) is 13.9 Å². The van der Waals surface area contributed by atoms with E-state index >= 15 is 0 Å². The second kappa shape index (κ2) is 16.2. The van der Waals surface area contributed by atoms with Gasteiger partial charge in [0.1, 0.15) is 18.3 Å². The van der Waals surface area contributed by atoms with Gasteiger partial charge in [0.15, 0.2) is 0 Å². The number of carbonyl (C=O) groups is 2. The first kappa shape index (κ1) is 35.1. The molecule has 0 fully saturated rings. The number of methoxy groups -OCH3 is 1. The number of carbonyl (C=O) groups excluding carboxylic acids is 2. The van der Waals surface area contributed by atoms with Crippen molar-refractivity contribution >= 4 is 62.3 Å². The summed E-state index contributed by atoms with van der Waals surface area (Å²) in [6.45, 7) is 1.63. The highest BCUT2D eigenvalue weighted by molar-refractivity contribution is 7.92. The van der Waals surface area contributed by atoms with Gasteiger partial charge in [-0.05, 0) is 78.2 Å². The number of nitrogens with one attached hydrogen (secondary N) is 1. The Morgan fingerprint density at radius 3 is 2.13 bits per heavy atom. The van der Waals surface area contributed by atoms with E-state index < -0.39 is 28.5 Å². The highest BCUT2D eigenvalue weighted by atomic mass is 35.5. The van der Waals surface area contributed by atoms with E-state index in [-0.39, 0.29) is 29.5 Å². The van der Waals surface area contributed by atoms with Crippen molar-refractivity contribution < 1.29 is 22.7 Å². The zero-order valence-corrected chi connectivity index (χ0v) is 28.4. The molecule has 0 bridgehead atoms. The van der Waals surface area contributed by atoms with Crippen molar-refractivity contribution in [2.24, 2.45) is 0 Å². The Morgan fingerprint density at radius 2 is 1.52 bits per heavy atom. The van der Waals surface area contributed by atoms with Gasteiger partial charge in [-0.2, -0.15) is 0 Å². The maximum absolute atomic E-state index is 14.5. The van der Waals surface area contributed by atoms with Crippen LogP contribution >= 0.6 is 34.8 Å². The number of ether oxygens (including phenoxy) is 1. The molecule has 4 rings (SSSR count). The molecule has 0 radical (unpaired) electrons. The largest absolute Gasteiger partial charge is 0.497 e. The standard InChI is InChI=1S/C34H34Cl3N3O5S/c1-3-19-38-34(42)32(20-24-7-5-4-6-8-24)39(22-25-9-10-27(36)21-31(25)37)33(41)23-40(28-13-11-26(35)12-14-28)46(43,44)30-17-15-29(45-2)16-18-30/h4-18,21,32H,3,19-20,22-23H2,1-2H3,(H,38,42)/t32-/m0/s1. The average molecular weight is 703 g/mol. The minimum Gasteiger partial charge on any atom is -0.497 e. The number of sulfonamides is 1. The van der Waals surface area contributed by atoms with Gasteiger partial charge in [0.25, 0.3) is 10.0 Å². The normalized spacial score (nSPS) is 11.8. The SMILES string of the molecule is CCCNC(=O)[C@H](Cc1ccccc1)N(Cc1ccc(Cl)cc1Cl)C(=O)CN(c1ccc(Cl)cc1)S(=O)(=O)c1ccc(OC)cc1. The fourth-order valence-corrected chi connectivity index (χ4v) is 6.77. The first-order valence-corrected chi connectivity index (χ1v) is 17.1. The molecule has 0 heterocycles. The summed E-state index contributed by atoms with van der Waals surface area (Å²) in [5.74, 6) is -0.522. The zero-order valence-electron chi connectivity index (χ0n) is 25.3. The molecule has 0 spiro atoms. The molecule has 0 saturated heterocycles. The summed E-state index contributed by atoms with van der Waals surface area (Å²) in [6, 6.07) is 25.2. The zero-order chi connectivity index (χ0) is 33.3. The lowest BCUT2D eigenvalue weighted by Crippen LogP contribution is -2.53. The van der Waals surface area contributed by atoms with Crippen LogP contribution in [-0.2, 0) is 32.6 Å². The van der Waals surface area contributed by atoms with E-state index in [1.807, 2.05) is 37.3 Å². The Labute approximate surface area is 284 Å². The molecule has 46 heavy (non-hydrogen) atoms. The lowest BCUT2D eigenvalue weighted by molar-refractivity contribution is -0.140. The van der Waals surface area contributed by atoms with E-state index in [0.717, 1.165) is 9.87 Å². The summed E-state index contributed by atoms with van der Waals surface area (Å²) in [5, 5.41) is 4.02. The van der Waals surface area contributed by atoms with Crippen LogP contribution < -0.4 is 14.4 Å². The third kappa shape index (κ3) is 8.94. The van der Waals surface area contributed by atoms with Crippen LogP contribution in [-0.4, -0.2) is 51.4 Å². The number of nitrogens with zero attached hydrogens (tertiary/aromatic N) is 2. The first-order chi connectivity index (χ1) is 22.0. The van der Waals surface area contributed by atoms with Gasteiger partial charge in [-0.15, -0.1) is 0 Å². The van der Waals surface area contributed by atoms with Gasteiger partial charge in [0, 0.05) is 34.6 Å². The van der Waals surface area contributed by atoms with E-state index in [2.05, 4.69) is 5.32 Å². The Bertz CT molecular complexity index is 1740. The molecule has 0 aliphatic carbocycles. The van der Waals surface area contributed by atoms with Crippen molar-refractivity contribution in [1.82, 2.24) is 10.2 Å². The summed E-state index contributed by atoms with van der Waals surface area (Å²) in [7, 11) is -2.80. The van der Waals surface area contributed by atoms with Crippen LogP contribution in [0.1, 0.15) is 24.5 Å². The fourth-order valence-electron chi connectivity index (χ4n) is 4.76. The number of amides is 2. The maximum atomic E-state index is 14.5. The van der Waals surface area contributed by atoms with E-state index in [9.17, 15) is 18.0 Å². The number of halogens is 3. The first-order valence-electron chi connectivity index (χ1n) is 14.5. The topological polar surface area (TPSA) is 96.0 Å². The predicted molar refractivity (Wildman–Crippen MR) is 183 cm³/mol. The predicted octanol–water partition coefficient (Wildman–Crippen LogP) is 7.02. The molecule has 8 nitrogen and oxygen atoms in total. The smallest absolute Gasteiger partial charge is 0.264 e.